The molecule has 0 aromatic heterocycles. The van der Waals surface area contributed by atoms with Crippen LogP contribution in [-0.4, -0.2) is 75.1 Å². The van der Waals surface area contributed by atoms with Crippen LogP contribution in [-0.2, 0) is 22.4 Å². The third-order valence-corrected chi connectivity index (χ3v) is 7.90. The van der Waals surface area contributed by atoms with E-state index in [-0.39, 0.29) is 35.6 Å². The first-order valence-electron chi connectivity index (χ1n) is 12.5. The number of carbonyl (C=O) groups is 3. The predicted molar refractivity (Wildman–Crippen MR) is 136 cm³/mol. The Hall–Kier alpha value is -3.37. The molecule has 0 unspecified atom stereocenters. The second kappa shape index (κ2) is 9.18. The van der Waals surface area contributed by atoms with Gasteiger partial charge in [0.1, 0.15) is 22.8 Å². The Labute approximate surface area is 215 Å². The molecule has 0 fully saturated rings. The highest BCUT2D eigenvalue weighted by molar-refractivity contribution is 6.24. The topological polar surface area (TPSA) is 173 Å². The summed E-state index contributed by atoms with van der Waals surface area (Å²) in [5.74, 6) is -6.18. The lowest BCUT2D eigenvalue weighted by atomic mass is 9.58. The van der Waals surface area contributed by atoms with E-state index < -0.39 is 58.0 Å². The van der Waals surface area contributed by atoms with Crippen molar-refractivity contribution in [2.75, 3.05) is 26.0 Å². The van der Waals surface area contributed by atoms with Gasteiger partial charge in [0.25, 0.3) is 5.91 Å². The van der Waals surface area contributed by atoms with Gasteiger partial charge in [0, 0.05) is 18.0 Å². The second-order valence-corrected chi connectivity index (χ2v) is 10.9. The Kier molecular flexibility index (Phi) is 6.62. The Morgan fingerprint density at radius 3 is 2.43 bits per heavy atom. The number of phenolic OH excluding ortho intramolecular Hbond substituents is 1. The van der Waals surface area contributed by atoms with Gasteiger partial charge in [-0.1, -0.05) is 20.8 Å². The Morgan fingerprint density at radius 2 is 1.89 bits per heavy atom. The minimum absolute atomic E-state index is 0.0337. The molecule has 4 atom stereocenters. The van der Waals surface area contributed by atoms with Crippen molar-refractivity contribution >= 4 is 23.2 Å². The first-order chi connectivity index (χ1) is 17.3. The number of nitrogens with two attached hydrogens (primary N) is 1. The van der Waals surface area contributed by atoms with Crippen LogP contribution < -0.4 is 11.1 Å². The van der Waals surface area contributed by atoms with Crippen LogP contribution in [0.25, 0.3) is 0 Å². The molecule has 37 heavy (non-hydrogen) atoms. The summed E-state index contributed by atoms with van der Waals surface area (Å²) < 4.78 is 0. The minimum atomic E-state index is -2.64. The monoisotopic (exact) mass is 513 g/mol. The fourth-order valence-electron chi connectivity index (χ4n) is 6.16. The number of aromatic hydroxyl groups is 1. The van der Waals surface area contributed by atoms with Crippen LogP contribution in [0.5, 0.6) is 5.75 Å². The zero-order valence-corrected chi connectivity index (χ0v) is 21.8. The number of aliphatic hydroxyl groups excluding tert-OH is 2. The summed E-state index contributed by atoms with van der Waals surface area (Å²) in [6.07, 6.45) is 0.959. The summed E-state index contributed by atoms with van der Waals surface area (Å²) in [7, 11) is 3.21. The van der Waals surface area contributed by atoms with Crippen LogP contribution in [0.3, 0.4) is 0 Å². The SMILES string of the molecule is CCc1cc(NCC(C)C)c(O)c2c1C[C@@H]1C[C@H]3[C@H](N(C)C)C(O)=C(C(N)=O)C(=O)[C@@]3(O)C(O)=C1C2=O. The van der Waals surface area contributed by atoms with Gasteiger partial charge >= 0.3 is 0 Å². The van der Waals surface area contributed by atoms with Gasteiger partial charge in [0.05, 0.1) is 17.3 Å². The number of ketones is 2. The van der Waals surface area contributed by atoms with Gasteiger partial charge in [-0.05, 0) is 62.4 Å². The number of amides is 1. The molecule has 0 bridgehead atoms. The van der Waals surface area contributed by atoms with Crippen molar-refractivity contribution < 1.29 is 34.8 Å². The molecule has 10 heteroatoms. The molecule has 0 heterocycles. The molecule has 3 aliphatic rings. The molecule has 0 radical (unpaired) electrons. The van der Waals surface area contributed by atoms with Crippen molar-refractivity contribution in [1.29, 1.82) is 0 Å². The number of anilines is 1. The van der Waals surface area contributed by atoms with Gasteiger partial charge < -0.3 is 31.5 Å². The lowest BCUT2D eigenvalue weighted by molar-refractivity contribution is -0.148. The maximum Gasteiger partial charge on any atom is 0.255 e. The minimum Gasteiger partial charge on any atom is -0.510 e. The van der Waals surface area contributed by atoms with Crippen molar-refractivity contribution in [3.05, 3.63) is 45.4 Å². The van der Waals surface area contributed by atoms with Crippen LogP contribution in [0.4, 0.5) is 5.69 Å². The molecule has 0 saturated carbocycles. The van der Waals surface area contributed by atoms with Crippen LogP contribution >= 0.6 is 0 Å². The maximum atomic E-state index is 13.9. The van der Waals surface area contributed by atoms with Crippen molar-refractivity contribution in [2.24, 2.45) is 23.5 Å². The van der Waals surface area contributed by atoms with Crippen molar-refractivity contribution in [3.8, 4) is 5.75 Å². The fraction of sp³-hybridized carbons (Fsp3) is 0.519. The fourth-order valence-corrected chi connectivity index (χ4v) is 6.16. The van der Waals surface area contributed by atoms with E-state index in [9.17, 15) is 34.8 Å². The quantitative estimate of drug-likeness (QED) is 0.245. The first-order valence-corrected chi connectivity index (χ1v) is 12.5. The molecule has 0 aliphatic heterocycles. The Balaban J connectivity index is 1.93. The number of fused-ring (bicyclic) bond motifs is 3. The number of hydrogen-bond donors (Lipinski definition) is 6. The van der Waals surface area contributed by atoms with E-state index in [1.807, 2.05) is 26.8 Å². The zero-order chi connectivity index (χ0) is 27.6. The molecular weight excluding hydrogens is 478 g/mol. The maximum absolute atomic E-state index is 13.9. The highest BCUT2D eigenvalue weighted by Gasteiger charge is 2.63. The van der Waals surface area contributed by atoms with E-state index in [4.69, 9.17) is 5.73 Å². The molecular formula is C27H35N3O7. The predicted octanol–water partition coefficient (Wildman–Crippen LogP) is 1.75. The van der Waals surface area contributed by atoms with Crippen molar-refractivity contribution in [1.82, 2.24) is 4.90 Å². The number of aliphatic hydroxyl groups is 3. The molecule has 1 aromatic rings. The summed E-state index contributed by atoms with van der Waals surface area (Å²) >= 11 is 0. The van der Waals surface area contributed by atoms with Crippen molar-refractivity contribution in [3.63, 3.8) is 0 Å². The van der Waals surface area contributed by atoms with Crippen molar-refractivity contribution in [2.45, 2.75) is 51.7 Å². The normalized spacial score (nSPS) is 27.4. The summed E-state index contributed by atoms with van der Waals surface area (Å²) in [4.78, 5) is 40.8. The number of hydrogen-bond acceptors (Lipinski definition) is 9. The second-order valence-electron chi connectivity index (χ2n) is 10.9. The molecule has 0 spiro atoms. The van der Waals surface area contributed by atoms with Gasteiger partial charge in [0.2, 0.25) is 5.78 Å². The largest absolute Gasteiger partial charge is 0.510 e. The molecule has 7 N–H and O–H groups in total. The Bertz CT molecular complexity index is 1260. The molecule has 10 nitrogen and oxygen atoms in total. The average molecular weight is 514 g/mol. The van der Waals surface area contributed by atoms with E-state index in [0.717, 1.165) is 5.56 Å². The highest BCUT2D eigenvalue weighted by atomic mass is 16.3. The summed E-state index contributed by atoms with van der Waals surface area (Å²) in [6.45, 7) is 6.53. The van der Waals surface area contributed by atoms with E-state index in [1.54, 1.807) is 14.1 Å². The lowest BCUT2D eigenvalue weighted by Crippen LogP contribution is -2.63. The molecule has 4 rings (SSSR count). The third-order valence-electron chi connectivity index (χ3n) is 7.90. The zero-order valence-electron chi connectivity index (χ0n) is 21.8. The summed E-state index contributed by atoms with van der Waals surface area (Å²) in [5.41, 5.74) is 3.72. The van der Waals surface area contributed by atoms with Crippen LogP contribution in [0.2, 0.25) is 0 Å². The van der Waals surface area contributed by atoms with Gasteiger partial charge in [-0.25, -0.2) is 0 Å². The molecule has 1 amide bonds. The smallest absolute Gasteiger partial charge is 0.255 e. The molecule has 3 aliphatic carbocycles. The molecule has 1 aromatic carbocycles. The number of carbonyl (C=O) groups excluding carboxylic acids is 3. The highest BCUT2D eigenvalue weighted by Crippen LogP contribution is 2.53. The van der Waals surface area contributed by atoms with Gasteiger partial charge in [-0.3, -0.25) is 19.3 Å². The van der Waals surface area contributed by atoms with Crippen LogP contribution in [0.15, 0.2) is 28.7 Å². The first kappa shape index (κ1) is 26.7. The lowest BCUT2D eigenvalue weighted by Gasteiger charge is -2.50. The standard InChI is InChI=1S/C27H35N3O7/c1-6-12-9-16(29-10-11(2)3)21(31)18-14(12)7-13-8-15-20(30(4)5)23(33)19(26(28)36)25(35)27(15,37)24(34)17(13)22(18)32/h9,11,13,15,20,29,31,33-34,37H,6-8,10H2,1-5H3,(H2,28,36)/t13-,15+,20+,27+/m1/s1. The molecule has 200 valence electrons. The number of phenols is 1. The van der Waals surface area contributed by atoms with E-state index in [0.29, 0.717) is 24.2 Å². The van der Waals surface area contributed by atoms with E-state index >= 15 is 0 Å². The van der Waals surface area contributed by atoms with Gasteiger partial charge in [-0.15, -0.1) is 0 Å². The molecule has 0 saturated heterocycles. The summed E-state index contributed by atoms with van der Waals surface area (Å²) in [5, 5.41) is 48.2. The number of likely N-dealkylation sites (N-methyl/N-ethyl adjacent to an activating group) is 1. The number of nitrogens with zero attached hydrogens (tertiary/aromatic N) is 1. The number of allylic oxidation sites excluding steroid dienone is 1. The number of rotatable bonds is 6. The van der Waals surface area contributed by atoms with Gasteiger partial charge in [-0.2, -0.15) is 0 Å². The number of Topliss-reactive ketones (excluding diaryl/α,β-unsaturated/α-hetero) is 2. The number of aryl methyl sites for hydroxylation is 1. The summed E-state index contributed by atoms with van der Waals surface area (Å²) in [6, 6.07) is 0.824. The average Bonchev–Trinajstić information content (AvgIpc) is 2.80. The number of nitrogens with one attached hydrogen (secondary N) is 1. The van der Waals surface area contributed by atoms with E-state index in [2.05, 4.69) is 5.32 Å². The number of primary amides is 1. The van der Waals surface area contributed by atoms with Crippen LogP contribution in [0, 0.1) is 17.8 Å². The van der Waals surface area contributed by atoms with E-state index in [1.165, 1.54) is 4.90 Å². The van der Waals surface area contributed by atoms with Crippen LogP contribution in [0.1, 0.15) is 48.7 Å². The van der Waals surface area contributed by atoms with Gasteiger partial charge in [0.15, 0.2) is 11.4 Å². The number of benzene rings is 1. The Morgan fingerprint density at radius 1 is 1.24 bits per heavy atom. The third kappa shape index (κ3) is 3.81.